The van der Waals surface area contributed by atoms with Gasteiger partial charge >= 0.3 is 0 Å². The molecule has 20 heavy (non-hydrogen) atoms. The van der Waals surface area contributed by atoms with E-state index in [2.05, 4.69) is 10.6 Å². The Balaban J connectivity index is 1.71. The molecular formula is C15H17N3O2. The smallest absolute Gasteiger partial charge is 0.254 e. The average molecular weight is 271 g/mol. The zero-order valence-corrected chi connectivity index (χ0v) is 11.1. The van der Waals surface area contributed by atoms with E-state index in [4.69, 9.17) is 4.74 Å². The molecule has 0 spiro atoms. The highest BCUT2D eigenvalue weighted by molar-refractivity contribution is 5.94. The van der Waals surface area contributed by atoms with E-state index in [1.54, 1.807) is 0 Å². The van der Waals surface area contributed by atoms with Crippen molar-refractivity contribution in [3.05, 3.63) is 48.8 Å². The second-order valence-corrected chi connectivity index (χ2v) is 4.69. The van der Waals surface area contributed by atoms with Crippen LogP contribution in [0.3, 0.4) is 0 Å². The Hall–Kier alpha value is -2.11. The van der Waals surface area contributed by atoms with Gasteiger partial charge in [-0.05, 0) is 30.3 Å². The van der Waals surface area contributed by atoms with Crippen LogP contribution in [-0.4, -0.2) is 36.3 Å². The fourth-order valence-electron chi connectivity index (χ4n) is 2.21. The number of aromatic nitrogens is 1. The Morgan fingerprint density at radius 3 is 2.90 bits per heavy atom. The average Bonchev–Trinajstić information content (AvgIpc) is 3.03. The molecular weight excluding hydrogens is 254 g/mol. The Morgan fingerprint density at radius 2 is 2.15 bits per heavy atom. The SMILES string of the molecule is O=C(Nc1cccc(-n2cccc2)c1)C1CNCCO1. The van der Waals surface area contributed by atoms with Crippen LogP contribution in [0.15, 0.2) is 48.8 Å². The van der Waals surface area contributed by atoms with Gasteiger partial charge in [-0.2, -0.15) is 0 Å². The van der Waals surface area contributed by atoms with E-state index in [0.717, 1.165) is 17.9 Å². The van der Waals surface area contributed by atoms with Crippen molar-refractivity contribution in [3.8, 4) is 5.69 Å². The van der Waals surface area contributed by atoms with Crippen molar-refractivity contribution in [1.29, 1.82) is 0 Å². The van der Waals surface area contributed by atoms with Crippen molar-refractivity contribution in [3.63, 3.8) is 0 Å². The standard InChI is InChI=1S/C15H17N3O2/c19-15(14-11-16-6-9-20-14)17-12-4-3-5-13(10-12)18-7-1-2-8-18/h1-5,7-8,10,14,16H,6,9,11H2,(H,17,19). The molecule has 0 radical (unpaired) electrons. The van der Waals surface area contributed by atoms with Crippen LogP contribution in [0.4, 0.5) is 5.69 Å². The van der Waals surface area contributed by atoms with E-state index in [9.17, 15) is 4.79 Å². The van der Waals surface area contributed by atoms with Crippen molar-refractivity contribution in [2.45, 2.75) is 6.10 Å². The van der Waals surface area contributed by atoms with E-state index in [1.165, 1.54) is 0 Å². The van der Waals surface area contributed by atoms with Gasteiger partial charge in [-0.1, -0.05) is 6.07 Å². The number of carbonyl (C=O) groups excluding carboxylic acids is 1. The van der Waals surface area contributed by atoms with Crippen LogP contribution < -0.4 is 10.6 Å². The number of nitrogens with zero attached hydrogens (tertiary/aromatic N) is 1. The number of benzene rings is 1. The first-order chi connectivity index (χ1) is 9.83. The second-order valence-electron chi connectivity index (χ2n) is 4.69. The van der Waals surface area contributed by atoms with Crippen molar-refractivity contribution in [2.75, 3.05) is 25.0 Å². The van der Waals surface area contributed by atoms with Gasteiger partial charge in [-0.15, -0.1) is 0 Å². The number of morpholine rings is 1. The molecule has 1 aliphatic heterocycles. The Labute approximate surface area is 117 Å². The highest BCUT2D eigenvalue weighted by Gasteiger charge is 2.21. The van der Waals surface area contributed by atoms with Gasteiger partial charge in [0.2, 0.25) is 0 Å². The van der Waals surface area contributed by atoms with E-state index >= 15 is 0 Å². The van der Waals surface area contributed by atoms with Gasteiger partial charge in [0.1, 0.15) is 6.10 Å². The molecule has 2 N–H and O–H groups in total. The number of nitrogens with one attached hydrogen (secondary N) is 2. The zero-order chi connectivity index (χ0) is 13.8. The molecule has 1 unspecified atom stereocenters. The van der Waals surface area contributed by atoms with Crippen LogP contribution in [0.2, 0.25) is 0 Å². The molecule has 2 aromatic rings. The molecule has 1 aliphatic rings. The monoisotopic (exact) mass is 271 g/mol. The lowest BCUT2D eigenvalue weighted by molar-refractivity contribution is -0.128. The van der Waals surface area contributed by atoms with Crippen LogP contribution in [-0.2, 0) is 9.53 Å². The summed E-state index contributed by atoms with van der Waals surface area (Å²) in [6.07, 6.45) is 3.52. The molecule has 1 amide bonds. The highest BCUT2D eigenvalue weighted by Crippen LogP contribution is 2.15. The maximum Gasteiger partial charge on any atom is 0.254 e. The van der Waals surface area contributed by atoms with E-state index in [-0.39, 0.29) is 5.91 Å². The minimum absolute atomic E-state index is 0.109. The molecule has 1 fully saturated rings. The van der Waals surface area contributed by atoms with E-state index in [1.807, 2.05) is 53.4 Å². The maximum absolute atomic E-state index is 12.1. The van der Waals surface area contributed by atoms with Crippen LogP contribution in [0.5, 0.6) is 0 Å². The summed E-state index contributed by atoms with van der Waals surface area (Å²) in [5.41, 5.74) is 1.78. The first-order valence-corrected chi connectivity index (χ1v) is 6.69. The molecule has 5 heteroatoms. The van der Waals surface area contributed by atoms with Gasteiger partial charge in [0.05, 0.1) is 6.61 Å². The Morgan fingerprint density at radius 1 is 1.30 bits per heavy atom. The summed E-state index contributed by atoms with van der Waals surface area (Å²) in [4.78, 5) is 12.1. The van der Waals surface area contributed by atoms with E-state index < -0.39 is 6.10 Å². The fraction of sp³-hybridized carbons (Fsp3) is 0.267. The lowest BCUT2D eigenvalue weighted by atomic mass is 10.2. The molecule has 0 bridgehead atoms. The number of amides is 1. The summed E-state index contributed by atoms with van der Waals surface area (Å²) in [5.74, 6) is -0.109. The first kappa shape index (κ1) is 12.9. The zero-order valence-electron chi connectivity index (χ0n) is 11.1. The molecule has 1 saturated heterocycles. The molecule has 0 saturated carbocycles. The van der Waals surface area contributed by atoms with Gasteiger partial charge in [0.25, 0.3) is 5.91 Å². The normalized spacial score (nSPS) is 18.7. The lowest BCUT2D eigenvalue weighted by Crippen LogP contribution is -2.45. The predicted octanol–water partition coefficient (Wildman–Crippen LogP) is 1.40. The molecule has 1 aromatic heterocycles. The quantitative estimate of drug-likeness (QED) is 0.887. The number of anilines is 1. The number of hydrogen-bond donors (Lipinski definition) is 2. The molecule has 104 valence electrons. The minimum Gasteiger partial charge on any atom is -0.366 e. The molecule has 5 nitrogen and oxygen atoms in total. The summed E-state index contributed by atoms with van der Waals surface area (Å²) in [5, 5.41) is 6.04. The fourth-order valence-corrected chi connectivity index (χ4v) is 2.21. The lowest BCUT2D eigenvalue weighted by Gasteiger charge is -2.22. The topological polar surface area (TPSA) is 55.3 Å². The Kier molecular flexibility index (Phi) is 3.80. The molecule has 2 heterocycles. The third kappa shape index (κ3) is 2.89. The largest absolute Gasteiger partial charge is 0.366 e. The molecule has 0 aliphatic carbocycles. The van der Waals surface area contributed by atoms with Crippen molar-refractivity contribution in [1.82, 2.24) is 9.88 Å². The molecule has 1 atom stereocenters. The van der Waals surface area contributed by atoms with Gasteiger partial charge in [0, 0.05) is 36.9 Å². The Bertz CT molecular complexity index is 575. The summed E-state index contributed by atoms with van der Waals surface area (Å²) < 4.78 is 7.43. The van der Waals surface area contributed by atoms with Gasteiger partial charge in [-0.25, -0.2) is 0 Å². The third-order valence-electron chi connectivity index (χ3n) is 3.24. The van der Waals surface area contributed by atoms with E-state index in [0.29, 0.717) is 13.2 Å². The summed E-state index contributed by atoms with van der Waals surface area (Å²) in [6, 6.07) is 11.7. The van der Waals surface area contributed by atoms with Gasteiger partial charge in [0.15, 0.2) is 0 Å². The van der Waals surface area contributed by atoms with Crippen molar-refractivity contribution in [2.24, 2.45) is 0 Å². The number of ether oxygens (including phenoxy) is 1. The summed E-state index contributed by atoms with van der Waals surface area (Å²) in [7, 11) is 0. The first-order valence-electron chi connectivity index (χ1n) is 6.69. The highest BCUT2D eigenvalue weighted by atomic mass is 16.5. The summed E-state index contributed by atoms with van der Waals surface area (Å²) in [6.45, 7) is 1.93. The summed E-state index contributed by atoms with van der Waals surface area (Å²) >= 11 is 0. The second kappa shape index (κ2) is 5.90. The van der Waals surface area contributed by atoms with Crippen molar-refractivity contribution >= 4 is 11.6 Å². The minimum atomic E-state index is -0.418. The maximum atomic E-state index is 12.1. The number of rotatable bonds is 3. The molecule has 3 rings (SSSR count). The van der Waals surface area contributed by atoms with Gasteiger partial charge in [-0.3, -0.25) is 4.79 Å². The molecule has 1 aromatic carbocycles. The van der Waals surface area contributed by atoms with Crippen LogP contribution in [0, 0.1) is 0 Å². The number of hydrogen-bond acceptors (Lipinski definition) is 3. The number of carbonyl (C=O) groups is 1. The third-order valence-corrected chi connectivity index (χ3v) is 3.24. The van der Waals surface area contributed by atoms with Gasteiger partial charge < -0.3 is 19.9 Å². The van der Waals surface area contributed by atoms with Crippen LogP contribution >= 0.6 is 0 Å². The van der Waals surface area contributed by atoms with Crippen LogP contribution in [0.25, 0.3) is 5.69 Å². The van der Waals surface area contributed by atoms with Crippen LogP contribution in [0.1, 0.15) is 0 Å². The predicted molar refractivity (Wildman–Crippen MR) is 77.0 cm³/mol. The van der Waals surface area contributed by atoms with Crippen molar-refractivity contribution < 1.29 is 9.53 Å².